The number of carbonyl (C=O) groups excluding carboxylic acids is 1. The Bertz CT molecular complexity index is 814. The summed E-state index contributed by atoms with van der Waals surface area (Å²) < 4.78 is 25.0. The normalized spacial score (nSPS) is 12.6. The van der Waals surface area contributed by atoms with Gasteiger partial charge in [-0.3, -0.25) is 4.79 Å². The van der Waals surface area contributed by atoms with Gasteiger partial charge in [-0.15, -0.1) is 0 Å². The number of aryl methyl sites for hydroxylation is 1. The molecule has 0 spiro atoms. The van der Waals surface area contributed by atoms with Crippen molar-refractivity contribution in [2.75, 3.05) is 5.75 Å². The molecular weight excluding hydrogens is 346 g/mol. The lowest BCUT2D eigenvalue weighted by Gasteiger charge is -2.29. The van der Waals surface area contributed by atoms with Crippen molar-refractivity contribution in [3.05, 3.63) is 65.7 Å². The van der Waals surface area contributed by atoms with Crippen LogP contribution in [0.5, 0.6) is 0 Å². The van der Waals surface area contributed by atoms with Gasteiger partial charge in [0.05, 0.1) is 10.6 Å². The van der Waals surface area contributed by atoms with Gasteiger partial charge in [0.2, 0.25) is 5.91 Å². The molecule has 1 unspecified atom stereocenters. The van der Waals surface area contributed by atoms with E-state index in [0.29, 0.717) is 6.54 Å². The van der Waals surface area contributed by atoms with Crippen molar-refractivity contribution in [1.82, 2.24) is 4.90 Å². The Balaban J connectivity index is 2.07. The number of hydrogen-bond acceptors (Lipinski definition) is 3. The molecule has 0 aliphatic carbocycles. The lowest BCUT2D eigenvalue weighted by atomic mass is 10.1. The van der Waals surface area contributed by atoms with E-state index in [2.05, 4.69) is 0 Å². The van der Waals surface area contributed by atoms with Crippen LogP contribution >= 0.6 is 0 Å². The average molecular weight is 374 g/mol. The fourth-order valence-electron chi connectivity index (χ4n) is 2.72. The van der Waals surface area contributed by atoms with Crippen LogP contribution in [0.15, 0.2) is 59.5 Å². The molecule has 0 radical (unpaired) electrons. The van der Waals surface area contributed by atoms with Crippen LogP contribution in [0, 0.1) is 6.92 Å². The SMILES string of the molecule is CCC(C)N(Cc1ccccc1)C(=O)CCS(=O)(=O)c1ccc(C)cc1. The summed E-state index contributed by atoms with van der Waals surface area (Å²) in [5, 5.41) is 0. The third-order valence-corrected chi connectivity index (χ3v) is 6.34. The van der Waals surface area contributed by atoms with Gasteiger partial charge < -0.3 is 4.90 Å². The van der Waals surface area contributed by atoms with Crippen LogP contribution in [0.1, 0.15) is 37.8 Å². The second kappa shape index (κ2) is 8.99. The standard InChI is InChI=1S/C21H27NO3S/c1-4-18(3)22(16-19-8-6-5-7-9-19)21(23)14-15-26(24,25)20-12-10-17(2)11-13-20/h5-13,18H,4,14-16H2,1-3H3. The summed E-state index contributed by atoms with van der Waals surface area (Å²) >= 11 is 0. The van der Waals surface area contributed by atoms with Gasteiger partial charge in [0.15, 0.2) is 9.84 Å². The minimum absolute atomic E-state index is 0.00656. The maximum atomic E-state index is 12.7. The van der Waals surface area contributed by atoms with Crippen molar-refractivity contribution < 1.29 is 13.2 Å². The summed E-state index contributed by atoms with van der Waals surface area (Å²) in [7, 11) is -3.46. The fourth-order valence-corrected chi connectivity index (χ4v) is 3.95. The second-order valence-electron chi connectivity index (χ2n) is 6.65. The largest absolute Gasteiger partial charge is 0.336 e. The summed E-state index contributed by atoms with van der Waals surface area (Å²) in [4.78, 5) is 14.8. The van der Waals surface area contributed by atoms with Crippen molar-refractivity contribution in [3.63, 3.8) is 0 Å². The summed E-state index contributed by atoms with van der Waals surface area (Å²) in [6.45, 7) is 6.43. The molecule has 1 atom stereocenters. The molecule has 26 heavy (non-hydrogen) atoms. The summed E-state index contributed by atoms with van der Waals surface area (Å²) in [5.41, 5.74) is 2.05. The van der Waals surface area contributed by atoms with E-state index in [4.69, 9.17) is 0 Å². The van der Waals surface area contributed by atoms with Crippen molar-refractivity contribution >= 4 is 15.7 Å². The Hall–Kier alpha value is -2.14. The van der Waals surface area contributed by atoms with Crippen LogP contribution in [-0.4, -0.2) is 31.0 Å². The molecule has 0 saturated heterocycles. The predicted octanol–water partition coefficient (Wildman–Crippen LogP) is 3.99. The Morgan fingerprint density at radius 3 is 2.23 bits per heavy atom. The van der Waals surface area contributed by atoms with Crippen LogP contribution < -0.4 is 0 Å². The highest BCUT2D eigenvalue weighted by atomic mass is 32.2. The van der Waals surface area contributed by atoms with Gasteiger partial charge >= 0.3 is 0 Å². The van der Waals surface area contributed by atoms with E-state index < -0.39 is 9.84 Å². The van der Waals surface area contributed by atoms with Crippen molar-refractivity contribution in [1.29, 1.82) is 0 Å². The number of amides is 1. The van der Waals surface area contributed by atoms with E-state index in [-0.39, 0.29) is 29.0 Å². The van der Waals surface area contributed by atoms with Crippen molar-refractivity contribution in [2.24, 2.45) is 0 Å². The highest BCUT2D eigenvalue weighted by molar-refractivity contribution is 7.91. The van der Waals surface area contributed by atoms with Gasteiger partial charge in [-0.1, -0.05) is 55.0 Å². The lowest BCUT2D eigenvalue weighted by Crippen LogP contribution is -2.38. The molecule has 1 amide bonds. The molecule has 0 aromatic heterocycles. The van der Waals surface area contributed by atoms with Gasteiger partial charge in [0.1, 0.15) is 0 Å². The van der Waals surface area contributed by atoms with Gasteiger partial charge in [0, 0.05) is 19.0 Å². The summed E-state index contributed by atoms with van der Waals surface area (Å²) in [6, 6.07) is 16.6. The van der Waals surface area contributed by atoms with Gasteiger partial charge in [0.25, 0.3) is 0 Å². The van der Waals surface area contributed by atoms with Gasteiger partial charge in [-0.2, -0.15) is 0 Å². The van der Waals surface area contributed by atoms with Gasteiger partial charge in [-0.05, 0) is 38.0 Å². The van der Waals surface area contributed by atoms with Crippen LogP contribution in [0.4, 0.5) is 0 Å². The molecule has 0 aliphatic rings. The number of sulfone groups is 1. The molecule has 2 aromatic carbocycles. The van der Waals surface area contributed by atoms with Crippen LogP contribution in [-0.2, 0) is 21.2 Å². The Morgan fingerprint density at radius 1 is 1.04 bits per heavy atom. The van der Waals surface area contributed by atoms with E-state index in [0.717, 1.165) is 17.5 Å². The predicted molar refractivity (Wildman–Crippen MR) is 105 cm³/mol. The number of carbonyl (C=O) groups is 1. The zero-order valence-corrected chi connectivity index (χ0v) is 16.5. The summed E-state index contributed by atoms with van der Waals surface area (Å²) in [5.74, 6) is -0.296. The average Bonchev–Trinajstić information content (AvgIpc) is 2.65. The first-order valence-corrected chi connectivity index (χ1v) is 10.6. The molecular formula is C21H27NO3S. The fraction of sp³-hybridized carbons (Fsp3) is 0.381. The molecule has 0 saturated carbocycles. The Labute approximate surface area is 156 Å². The molecule has 5 heteroatoms. The molecule has 4 nitrogen and oxygen atoms in total. The topological polar surface area (TPSA) is 54.5 Å². The van der Waals surface area contributed by atoms with Crippen molar-refractivity contribution in [3.8, 4) is 0 Å². The highest BCUT2D eigenvalue weighted by Gasteiger charge is 2.22. The molecule has 0 fully saturated rings. The smallest absolute Gasteiger partial charge is 0.224 e. The summed E-state index contributed by atoms with van der Waals surface area (Å²) in [6.07, 6.45) is 0.816. The molecule has 0 N–H and O–H groups in total. The zero-order chi connectivity index (χ0) is 19.2. The van der Waals surface area contributed by atoms with E-state index >= 15 is 0 Å². The minimum Gasteiger partial charge on any atom is -0.336 e. The monoisotopic (exact) mass is 373 g/mol. The first-order chi connectivity index (χ1) is 12.3. The molecule has 0 heterocycles. The van der Waals surface area contributed by atoms with E-state index in [1.807, 2.05) is 51.1 Å². The third kappa shape index (κ3) is 5.43. The quantitative estimate of drug-likeness (QED) is 0.703. The van der Waals surface area contributed by atoms with E-state index in [9.17, 15) is 13.2 Å². The molecule has 140 valence electrons. The molecule has 0 bridgehead atoms. The van der Waals surface area contributed by atoms with E-state index in [1.165, 1.54) is 0 Å². The maximum absolute atomic E-state index is 12.7. The second-order valence-corrected chi connectivity index (χ2v) is 8.76. The Morgan fingerprint density at radius 2 is 1.65 bits per heavy atom. The number of hydrogen-bond donors (Lipinski definition) is 0. The minimum atomic E-state index is -3.46. The number of nitrogens with zero attached hydrogens (tertiary/aromatic N) is 1. The van der Waals surface area contributed by atoms with Crippen molar-refractivity contribution in [2.45, 2.75) is 51.1 Å². The molecule has 2 rings (SSSR count). The lowest BCUT2D eigenvalue weighted by molar-refractivity contribution is -0.133. The van der Waals surface area contributed by atoms with E-state index in [1.54, 1.807) is 29.2 Å². The van der Waals surface area contributed by atoms with Gasteiger partial charge in [-0.25, -0.2) is 8.42 Å². The highest BCUT2D eigenvalue weighted by Crippen LogP contribution is 2.16. The molecule has 0 aliphatic heterocycles. The van der Waals surface area contributed by atoms with Crippen LogP contribution in [0.25, 0.3) is 0 Å². The number of benzene rings is 2. The van der Waals surface area contributed by atoms with Crippen LogP contribution in [0.3, 0.4) is 0 Å². The first kappa shape index (κ1) is 20.2. The Kier molecular flexibility index (Phi) is 6.98. The first-order valence-electron chi connectivity index (χ1n) is 8.96. The molecule has 2 aromatic rings. The number of rotatable bonds is 8. The third-order valence-electron chi connectivity index (χ3n) is 4.60. The maximum Gasteiger partial charge on any atom is 0.224 e. The zero-order valence-electron chi connectivity index (χ0n) is 15.7. The van der Waals surface area contributed by atoms with Crippen LogP contribution in [0.2, 0.25) is 0 Å².